The quantitative estimate of drug-likeness (QED) is 0.182. The van der Waals surface area contributed by atoms with E-state index in [0.29, 0.717) is 17.7 Å². The summed E-state index contributed by atoms with van der Waals surface area (Å²) in [7, 11) is 0. The summed E-state index contributed by atoms with van der Waals surface area (Å²) < 4.78 is 55.7. The Bertz CT molecular complexity index is 1480. The number of carbonyl (C=O) groups excluding carboxylic acids is 2. The van der Waals surface area contributed by atoms with E-state index in [-0.39, 0.29) is 42.3 Å². The molecule has 0 fully saturated rings. The van der Waals surface area contributed by atoms with Gasteiger partial charge in [-0.3, -0.25) is 9.10 Å². The molecule has 3 amide bonds. The van der Waals surface area contributed by atoms with Gasteiger partial charge in [0, 0.05) is 29.6 Å². The van der Waals surface area contributed by atoms with Gasteiger partial charge in [0.2, 0.25) is 5.91 Å². The van der Waals surface area contributed by atoms with Crippen molar-refractivity contribution in [1.29, 1.82) is 0 Å². The lowest BCUT2D eigenvalue weighted by molar-refractivity contribution is -0.149. The highest BCUT2D eigenvalue weighted by atomic mass is 32.1. The molecule has 4 rings (SSSR count). The lowest BCUT2D eigenvalue weighted by Crippen LogP contribution is -2.62. The maximum absolute atomic E-state index is 14.0. The Labute approximate surface area is 239 Å². The van der Waals surface area contributed by atoms with E-state index in [4.69, 9.17) is 0 Å². The molecule has 4 N–H and O–H groups in total. The van der Waals surface area contributed by atoms with Crippen LogP contribution in [0.15, 0.2) is 42.5 Å². The number of carbonyl (C=O) groups is 3. The van der Waals surface area contributed by atoms with Gasteiger partial charge in [0.05, 0.1) is 11.1 Å². The predicted molar refractivity (Wildman–Crippen MR) is 147 cm³/mol. The molecule has 1 heterocycles. The second kappa shape index (κ2) is 11.6. The zero-order valence-corrected chi connectivity index (χ0v) is 23.2. The summed E-state index contributed by atoms with van der Waals surface area (Å²) in [5.74, 6) is -3.11. The van der Waals surface area contributed by atoms with Crippen LogP contribution in [0.25, 0.3) is 10.9 Å². The zero-order chi connectivity index (χ0) is 30.1. The molecule has 0 saturated carbocycles. The highest BCUT2D eigenvalue weighted by Crippen LogP contribution is 2.40. The number of aryl methyl sites for hydroxylation is 1. The number of aliphatic carboxylic acids is 1. The Balaban J connectivity index is 1.59. The average molecular weight is 595 g/mol. The van der Waals surface area contributed by atoms with Crippen LogP contribution in [-0.2, 0) is 35.2 Å². The number of alkyl halides is 3. The Morgan fingerprint density at radius 1 is 1.17 bits per heavy atom. The third-order valence-electron chi connectivity index (χ3n) is 7.70. The number of aromatic amines is 1. The number of rotatable bonds is 8. The molecule has 41 heavy (non-hydrogen) atoms. The summed E-state index contributed by atoms with van der Waals surface area (Å²) in [4.78, 5) is 42.0. The number of hydrogen-bond acceptors (Lipinski definition) is 4. The Morgan fingerprint density at radius 3 is 2.51 bits per heavy atom. The molecule has 3 aromatic rings. The number of thiol groups is 1. The highest BCUT2D eigenvalue weighted by molar-refractivity contribution is 7.78. The van der Waals surface area contributed by atoms with Gasteiger partial charge in [-0.25, -0.2) is 14.0 Å². The first kappa shape index (κ1) is 30.2. The van der Waals surface area contributed by atoms with Crippen LogP contribution in [0.1, 0.15) is 49.1 Å². The van der Waals surface area contributed by atoms with Crippen molar-refractivity contribution in [1.82, 2.24) is 19.9 Å². The Morgan fingerprint density at radius 2 is 1.88 bits per heavy atom. The Kier molecular flexibility index (Phi) is 8.57. The minimum Gasteiger partial charge on any atom is -0.479 e. The first-order valence-corrected chi connectivity index (χ1v) is 13.4. The second-order valence-corrected chi connectivity index (χ2v) is 10.7. The van der Waals surface area contributed by atoms with E-state index in [2.05, 4.69) is 28.4 Å². The van der Waals surface area contributed by atoms with Crippen LogP contribution in [0, 0.1) is 11.7 Å². The van der Waals surface area contributed by atoms with E-state index >= 15 is 0 Å². The molecule has 3 atom stereocenters. The molecule has 0 bridgehead atoms. The molecule has 220 valence electrons. The summed E-state index contributed by atoms with van der Waals surface area (Å²) in [6, 6.07) is 7.55. The van der Waals surface area contributed by atoms with Crippen LogP contribution in [0.5, 0.6) is 0 Å². The van der Waals surface area contributed by atoms with Crippen molar-refractivity contribution in [2.45, 2.75) is 63.8 Å². The standard InChI is InChI=1S/C28H30F4N4O4S/c1-3-15(2)23(36(41)26(40)33-14-16-7-4-5-10-20(16)29)24(37)35-27(25(38)39)12-11-21-18(13-27)17-8-6-9-19(22(17)34-21)28(30,31)32/h4-10,15,23,34,41H,3,11-14H2,1-2H3,(H,33,40)(H,35,37)(H,38,39)/t15-,23-,27+/m0/s1. The molecule has 0 radical (unpaired) electrons. The number of urea groups is 1. The monoisotopic (exact) mass is 594 g/mol. The van der Waals surface area contributed by atoms with E-state index in [0.717, 1.165) is 10.4 Å². The maximum Gasteiger partial charge on any atom is 0.418 e. The number of aromatic nitrogens is 1. The zero-order valence-electron chi connectivity index (χ0n) is 22.3. The molecule has 1 aromatic heterocycles. The molecule has 0 saturated heterocycles. The summed E-state index contributed by atoms with van der Waals surface area (Å²) >= 11 is 4.25. The normalized spacial score (nSPS) is 18.3. The summed E-state index contributed by atoms with van der Waals surface area (Å²) in [5, 5.41) is 15.6. The van der Waals surface area contributed by atoms with E-state index in [9.17, 15) is 37.1 Å². The number of amides is 3. The third kappa shape index (κ3) is 5.99. The number of nitrogens with one attached hydrogen (secondary N) is 3. The van der Waals surface area contributed by atoms with Crippen LogP contribution >= 0.6 is 12.8 Å². The van der Waals surface area contributed by atoms with Gasteiger partial charge >= 0.3 is 18.2 Å². The molecule has 8 nitrogen and oxygen atoms in total. The molecular weight excluding hydrogens is 564 g/mol. The lowest BCUT2D eigenvalue weighted by atomic mass is 9.79. The molecular formula is C28H30F4N4O4S. The lowest BCUT2D eigenvalue weighted by Gasteiger charge is -2.37. The van der Waals surface area contributed by atoms with Crippen molar-refractivity contribution in [2.24, 2.45) is 5.92 Å². The molecule has 13 heteroatoms. The van der Waals surface area contributed by atoms with Crippen molar-refractivity contribution in [3.63, 3.8) is 0 Å². The number of carboxylic acids is 1. The van der Waals surface area contributed by atoms with Gasteiger partial charge in [-0.05, 0) is 36.5 Å². The highest BCUT2D eigenvalue weighted by Gasteiger charge is 2.47. The molecule has 1 aliphatic carbocycles. The smallest absolute Gasteiger partial charge is 0.418 e. The molecule has 2 aromatic carbocycles. The fourth-order valence-corrected chi connectivity index (χ4v) is 5.62. The second-order valence-electron chi connectivity index (χ2n) is 10.3. The molecule has 0 unspecified atom stereocenters. The summed E-state index contributed by atoms with van der Waals surface area (Å²) in [6.45, 7) is 3.32. The fraction of sp³-hybridized carbons (Fsp3) is 0.393. The van der Waals surface area contributed by atoms with Gasteiger partial charge in [-0.2, -0.15) is 13.2 Å². The van der Waals surface area contributed by atoms with E-state index in [1.165, 1.54) is 30.3 Å². The van der Waals surface area contributed by atoms with Crippen molar-refractivity contribution in [3.05, 3.63) is 70.7 Å². The van der Waals surface area contributed by atoms with Gasteiger partial charge < -0.3 is 20.7 Å². The minimum absolute atomic E-state index is 0.0790. The summed E-state index contributed by atoms with van der Waals surface area (Å²) in [6.07, 6.45) is -4.45. The van der Waals surface area contributed by atoms with Crippen molar-refractivity contribution < 1.29 is 37.1 Å². The van der Waals surface area contributed by atoms with Gasteiger partial charge in [0.1, 0.15) is 17.4 Å². The average Bonchev–Trinajstić information content (AvgIpc) is 3.29. The SMILES string of the molecule is CC[C@H](C)[C@@H](C(=O)N[C@]1(C(=O)O)CCc2[nH]c3c(C(F)(F)F)cccc3c2C1)N(S)C(=O)NCc1ccccc1F. The van der Waals surface area contributed by atoms with E-state index in [1.54, 1.807) is 19.9 Å². The van der Waals surface area contributed by atoms with Crippen molar-refractivity contribution >= 4 is 41.6 Å². The largest absolute Gasteiger partial charge is 0.479 e. The number of fused-ring (bicyclic) bond motifs is 3. The van der Waals surface area contributed by atoms with E-state index < -0.39 is 53.0 Å². The molecule has 0 aliphatic heterocycles. The van der Waals surface area contributed by atoms with Gasteiger partial charge in [0.15, 0.2) is 0 Å². The number of para-hydroxylation sites is 1. The molecule has 0 spiro atoms. The van der Waals surface area contributed by atoms with Gasteiger partial charge in [-0.1, -0.05) is 63.4 Å². The number of H-pyrrole nitrogens is 1. The van der Waals surface area contributed by atoms with Gasteiger partial charge in [0.25, 0.3) is 0 Å². The summed E-state index contributed by atoms with van der Waals surface area (Å²) in [5.41, 5.74) is -1.75. The van der Waals surface area contributed by atoms with Crippen LogP contribution in [0.4, 0.5) is 22.4 Å². The number of nitrogens with zero attached hydrogens (tertiary/aromatic N) is 1. The number of hydrogen-bond donors (Lipinski definition) is 5. The topological polar surface area (TPSA) is 115 Å². The third-order valence-corrected chi connectivity index (χ3v) is 8.13. The number of benzene rings is 2. The van der Waals surface area contributed by atoms with Crippen LogP contribution < -0.4 is 10.6 Å². The van der Waals surface area contributed by atoms with E-state index in [1.807, 2.05) is 0 Å². The number of halogens is 4. The van der Waals surface area contributed by atoms with Crippen LogP contribution in [-0.4, -0.2) is 43.9 Å². The fourth-order valence-electron chi connectivity index (χ4n) is 5.21. The maximum atomic E-state index is 14.0. The molecule has 1 aliphatic rings. The van der Waals surface area contributed by atoms with Gasteiger partial charge in [-0.15, -0.1) is 0 Å². The predicted octanol–water partition coefficient (Wildman–Crippen LogP) is 5.23. The Hall–Kier alpha value is -3.74. The van der Waals surface area contributed by atoms with Crippen LogP contribution in [0.2, 0.25) is 0 Å². The first-order chi connectivity index (χ1) is 19.3. The number of carboxylic acid groups (broad SMARTS) is 1. The van der Waals surface area contributed by atoms with Crippen molar-refractivity contribution in [2.75, 3.05) is 0 Å². The minimum atomic E-state index is -4.61. The van der Waals surface area contributed by atoms with Crippen LogP contribution in [0.3, 0.4) is 0 Å². The van der Waals surface area contributed by atoms with Crippen molar-refractivity contribution in [3.8, 4) is 0 Å². The first-order valence-electron chi connectivity index (χ1n) is 13.0.